The van der Waals surface area contributed by atoms with E-state index in [4.69, 9.17) is 9.26 Å². The molecule has 0 atom stereocenters. The zero-order valence-corrected chi connectivity index (χ0v) is 14.2. The first-order valence-corrected chi connectivity index (χ1v) is 7.76. The Labute approximate surface area is 142 Å². The fourth-order valence-electron chi connectivity index (χ4n) is 2.27. The summed E-state index contributed by atoms with van der Waals surface area (Å²) in [6, 6.07) is 0. The highest BCUT2D eigenvalue weighted by Crippen LogP contribution is 2.24. The Bertz CT molecular complexity index is 649. The average molecular weight is 363 g/mol. The maximum Gasteiger partial charge on any atom is 0.410 e. The Morgan fingerprint density at radius 1 is 1.32 bits per heavy atom. The van der Waals surface area contributed by atoms with Crippen molar-refractivity contribution in [2.45, 2.75) is 51.9 Å². The second kappa shape index (κ2) is 6.93. The number of halogens is 3. The summed E-state index contributed by atoms with van der Waals surface area (Å²) in [4.78, 5) is 25.6. The van der Waals surface area contributed by atoms with Gasteiger partial charge in [-0.1, -0.05) is 5.16 Å². The summed E-state index contributed by atoms with van der Waals surface area (Å²) in [5, 5.41) is 5.79. The molecular formula is C15H20F3N3O4. The van der Waals surface area contributed by atoms with E-state index in [1.54, 1.807) is 20.8 Å². The van der Waals surface area contributed by atoms with Gasteiger partial charge in [-0.05, 0) is 20.8 Å². The lowest BCUT2D eigenvalue weighted by Gasteiger charge is -2.29. The molecule has 2 rings (SSSR count). The van der Waals surface area contributed by atoms with Crippen LogP contribution in [-0.2, 0) is 17.7 Å². The molecule has 0 saturated carbocycles. The number of alkyl halides is 3. The highest BCUT2D eigenvalue weighted by Gasteiger charge is 2.32. The van der Waals surface area contributed by atoms with Crippen molar-refractivity contribution in [1.29, 1.82) is 0 Å². The molecular weight excluding hydrogens is 343 g/mol. The fourth-order valence-corrected chi connectivity index (χ4v) is 2.27. The van der Waals surface area contributed by atoms with Crippen LogP contribution in [0.5, 0.6) is 0 Å². The first-order valence-electron chi connectivity index (χ1n) is 7.76. The van der Waals surface area contributed by atoms with Crippen molar-refractivity contribution < 1.29 is 32.0 Å². The molecule has 0 radical (unpaired) electrons. The number of hydrogen-bond acceptors (Lipinski definition) is 5. The van der Waals surface area contributed by atoms with Gasteiger partial charge in [0.05, 0.1) is 13.0 Å². The van der Waals surface area contributed by atoms with Gasteiger partial charge in [0.25, 0.3) is 5.91 Å². The molecule has 0 bridgehead atoms. The van der Waals surface area contributed by atoms with E-state index in [1.165, 1.54) is 4.90 Å². The summed E-state index contributed by atoms with van der Waals surface area (Å²) in [6.07, 6.45) is -5.69. The molecule has 2 amide bonds. The van der Waals surface area contributed by atoms with E-state index in [0.29, 0.717) is 24.3 Å². The van der Waals surface area contributed by atoms with Crippen LogP contribution in [-0.4, -0.2) is 46.9 Å². The molecule has 7 nitrogen and oxygen atoms in total. The van der Waals surface area contributed by atoms with Gasteiger partial charge in [-0.2, -0.15) is 13.2 Å². The molecule has 0 saturated heterocycles. The molecule has 0 unspecified atom stereocenters. The van der Waals surface area contributed by atoms with Crippen LogP contribution in [0.15, 0.2) is 4.52 Å². The monoisotopic (exact) mass is 363 g/mol. The predicted octanol–water partition coefficient (Wildman–Crippen LogP) is 2.65. The summed E-state index contributed by atoms with van der Waals surface area (Å²) in [5.41, 5.74) is -0.379. The van der Waals surface area contributed by atoms with E-state index < -0.39 is 36.7 Å². The maximum absolute atomic E-state index is 12.2. The molecule has 1 aromatic rings. The topological polar surface area (TPSA) is 84.7 Å². The van der Waals surface area contributed by atoms with Gasteiger partial charge in [0, 0.05) is 25.1 Å². The number of ether oxygens (including phenoxy) is 1. The van der Waals surface area contributed by atoms with E-state index in [2.05, 4.69) is 10.5 Å². The summed E-state index contributed by atoms with van der Waals surface area (Å²) >= 11 is 0. The summed E-state index contributed by atoms with van der Waals surface area (Å²) in [6.45, 7) is 5.04. The first kappa shape index (κ1) is 19.1. The minimum absolute atomic E-state index is 0.0514. The third-order valence-corrected chi connectivity index (χ3v) is 3.39. The van der Waals surface area contributed by atoms with Crippen molar-refractivity contribution in [2.24, 2.45) is 0 Å². The smallest absolute Gasteiger partial charge is 0.410 e. The Morgan fingerprint density at radius 3 is 2.60 bits per heavy atom. The molecule has 1 aliphatic rings. The van der Waals surface area contributed by atoms with Gasteiger partial charge >= 0.3 is 12.3 Å². The average Bonchev–Trinajstić information content (AvgIpc) is 2.86. The minimum Gasteiger partial charge on any atom is -0.444 e. The summed E-state index contributed by atoms with van der Waals surface area (Å²) in [5.74, 6) is -0.318. The quantitative estimate of drug-likeness (QED) is 0.892. The highest BCUT2D eigenvalue weighted by atomic mass is 19.4. The second-order valence-electron chi connectivity index (χ2n) is 6.71. The lowest BCUT2D eigenvalue weighted by Crippen LogP contribution is -2.40. The van der Waals surface area contributed by atoms with Crippen LogP contribution in [0.3, 0.4) is 0 Å². The molecule has 0 aromatic carbocycles. The van der Waals surface area contributed by atoms with Crippen molar-refractivity contribution in [1.82, 2.24) is 15.4 Å². The van der Waals surface area contributed by atoms with Gasteiger partial charge in [0.15, 0.2) is 5.69 Å². The van der Waals surface area contributed by atoms with Crippen LogP contribution >= 0.6 is 0 Å². The maximum atomic E-state index is 12.2. The third kappa shape index (κ3) is 5.36. The molecule has 0 spiro atoms. The van der Waals surface area contributed by atoms with E-state index in [0.717, 1.165) is 0 Å². The summed E-state index contributed by atoms with van der Waals surface area (Å²) in [7, 11) is 0. The predicted molar refractivity (Wildman–Crippen MR) is 79.9 cm³/mol. The Morgan fingerprint density at radius 2 is 2.00 bits per heavy atom. The van der Waals surface area contributed by atoms with Crippen LogP contribution in [0, 0.1) is 0 Å². The van der Waals surface area contributed by atoms with Crippen LogP contribution in [0.1, 0.15) is 49.0 Å². The van der Waals surface area contributed by atoms with Crippen molar-refractivity contribution in [3.8, 4) is 0 Å². The Kier molecular flexibility index (Phi) is 5.28. The number of carbonyl (C=O) groups excluding carboxylic acids is 2. The van der Waals surface area contributed by atoms with Crippen molar-refractivity contribution in [2.75, 3.05) is 13.1 Å². The van der Waals surface area contributed by atoms with Crippen LogP contribution < -0.4 is 5.32 Å². The van der Waals surface area contributed by atoms with Gasteiger partial charge < -0.3 is 19.5 Å². The van der Waals surface area contributed by atoms with E-state index in [9.17, 15) is 22.8 Å². The van der Waals surface area contributed by atoms with E-state index >= 15 is 0 Å². The Balaban J connectivity index is 2.03. The second-order valence-corrected chi connectivity index (χ2v) is 6.71. The Hall–Kier alpha value is -2.26. The third-order valence-electron chi connectivity index (χ3n) is 3.39. The highest BCUT2D eigenvalue weighted by molar-refractivity contribution is 5.94. The lowest BCUT2D eigenvalue weighted by atomic mass is 10.1. The molecule has 1 aromatic heterocycles. The number of hydrogen-bond donors (Lipinski definition) is 1. The largest absolute Gasteiger partial charge is 0.444 e. The van der Waals surface area contributed by atoms with Crippen molar-refractivity contribution >= 4 is 12.0 Å². The number of nitrogens with one attached hydrogen (secondary N) is 1. The molecule has 2 heterocycles. The van der Waals surface area contributed by atoms with E-state index in [1.807, 2.05) is 0 Å². The summed E-state index contributed by atoms with van der Waals surface area (Å²) < 4.78 is 46.8. The number of nitrogens with zero attached hydrogens (tertiary/aromatic N) is 2. The van der Waals surface area contributed by atoms with Gasteiger partial charge in [-0.25, -0.2) is 4.79 Å². The number of rotatable bonds is 3. The molecule has 25 heavy (non-hydrogen) atoms. The van der Waals surface area contributed by atoms with Gasteiger partial charge in [-0.15, -0.1) is 0 Å². The van der Waals surface area contributed by atoms with Gasteiger partial charge in [-0.3, -0.25) is 4.79 Å². The molecule has 1 N–H and O–H groups in total. The zero-order valence-electron chi connectivity index (χ0n) is 14.2. The van der Waals surface area contributed by atoms with Crippen LogP contribution in [0.4, 0.5) is 18.0 Å². The van der Waals surface area contributed by atoms with Crippen LogP contribution in [0.2, 0.25) is 0 Å². The number of fused-ring (bicyclic) bond motifs is 1. The van der Waals surface area contributed by atoms with E-state index in [-0.39, 0.29) is 12.2 Å². The standard InChI is InChI=1S/C15H20F3N3O4/c1-14(2,3)24-13(23)21-7-4-10-9(8-21)11(20-25-10)12(22)19-6-5-15(16,17)18/h4-8H2,1-3H3,(H,19,22). The minimum atomic E-state index is -4.36. The van der Waals surface area contributed by atoms with Gasteiger partial charge in [0.1, 0.15) is 11.4 Å². The molecule has 0 aliphatic carbocycles. The van der Waals surface area contributed by atoms with Crippen molar-refractivity contribution in [3.63, 3.8) is 0 Å². The SMILES string of the molecule is CC(C)(C)OC(=O)N1CCc2onc(C(=O)NCCC(F)(F)F)c2C1. The van der Waals surface area contributed by atoms with Gasteiger partial charge in [0.2, 0.25) is 0 Å². The molecule has 140 valence electrons. The normalized spacial score (nSPS) is 14.9. The van der Waals surface area contributed by atoms with Crippen molar-refractivity contribution in [3.05, 3.63) is 17.0 Å². The number of aromatic nitrogens is 1. The molecule has 10 heteroatoms. The molecule has 1 aliphatic heterocycles. The number of amides is 2. The lowest BCUT2D eigenvalue weighted by molar-refractivity contribution is -0.133. The number of carbonyl (C=O) groups is 2. The first-order chi connectivity index (χ1) is 11.5. The zero-order chi connectivity index (χ0) is 18.8. The fraction of sp³-hybridized carbons (Fsp3) is 0.667. The van der Waals surface area contributed by atoms with Crippen LogP contribution in [0.25, 0.3) is 0 Å². The molecule has 0 fully saturated rings.